The Balaban J connectivity index is 2.30. The number of nitrogens with one attached hydrogen (secondary N) is 2. The summed E-state index contributed by atoms with van der Waals surface area (Å²) in [5.41, 5.74) is -0.721. The van der Waals surface area contributed by atoms with Gasteiger partial charge in [0.05, 0.1) is 11.1 Å². The van der Waals surface area contributed by atoms with E-state index in [2.05, 4.69) is 10.6 Å². The Bertz CT molecular complexity index is 534. The van der Waals surface area contributed by atoms with Crippen molar-refractivity contribution in [2.24, 2.45) is 0 Å². The van der Waals surface area contributed by atoms with Crippen LogP contribution in [-0.2, 0) is 6.18 Å². The molecule has 2 rings (SSSR count). The van der Waals surface area contributed by atoms with E-state index in [9.17, 15) is 18.0 Å². The molecule has 1 saturated carbocycles. The Morgan fingerprint density at radius 3 is 2.38 bits per heavy atom. The highest BCUT2D eigenvalue weighted by Gasteiger charge is 2.34. The van der Waals surface area contributed by atoms with Gasteiger partial charge in [0.25, 0.3) is 5.91 Å². The maximum Gasteiger partial charge on any atom is 0.416 e. The lowest BCUT2D eigenvalue weighted by atomic mass is 9.99. The van der Waals surface area contributed by atoms with Gasteiger partial charge < -0.3 is 10.6 Å². The molecule has 0 atom stereocenters. The molecule has 3 nitrogen and oxygen atoms in total. The third-order valence-electron chi connectivity index (χ3n) is 3.98. The van der Waals surface area contributed by atoms with E-state index >= 15 is 0 Å². The first kappa shape index (κ1) is 15.7. The molecular weight excluding hydrogens is 281 g/mol. The average Bonchev–Trinajstić information content (AvgIpc) is 2.83. The summed E-state index contributed by atoms with van der Waals surface area (Å²) in [5.74, 6) is -0.463. The van der Waals surface area contributed by atoms with E-state index < -0.39 is 17.6 Å². The summed E-state index contributed by atoms with van der Waals surface area (Å²) in [6.07, 6.45) is -0.700. The number of anilines is 1. The molecule has 0 aliphatic heterocycles. The van der Waals surface area contributed by atoms with Crippen LogP contribution < -0.4 is 10.6 Å². The van der Waals surface area contributed by atoms with Crippen molar-refractivity contribution in [3.05, 3.63) is 29.3 Å². The van der Waals surface area contributed by atoms with Crippen molar-refractivity contribution in [3.8, 4) is 0 Å². The van der Waals surface area contributed by atoms with Crippen LogP contribution in [0.25, 0.3) is 0 Å². The molecule has 0 bridgehead atoms. The highest BCUT2D eigenvalue weighted by Crippen LogP contribution is 2.33. The Kier molecular flexibility index (Phi) is 4.16. The van der Waals surface area contributed by atoms with Gasteiger partial charge in [0.1, 0.15) is 0 Å². The van der Waals surface area contributed by atoms with Crippen molar-refractivity contribution in [3.63, 3.8) is 0 Å². The molecule has 0 heterocycles. The molecule has 21 heavy (non-hydrogen) atoms. The van der Waals surface area contributed by atoms with E-state index in [0.717, 1.165) is 37.8 Å². The number of benzene rings is 1. The first-order valence-corrected chi connectivity index (χ1v) is 6.97. The second kappa shape index (κ2) is 5.58. The SMILES string of the molecule is CNc1ccc(C(F)(F)F)cc1C(=O)NC1(C)CCCC1. The number of halogens is 3. The summed E-state index contributed by atoms with van der Waals surface area (Å²) in [7, 11) is 1.58. The zero-order valence-corrected chi connectivity index (χ0v) is 12.1. The molecule has 1 amide bonds. The minimum absolute atomic E-state index is 0.0282. The van der Waals surface area contributed by atoms with E-state index in [1.165, 1.54) is 6.07 Å². The number of hydrogen-bond acceptors (Lipinski definition) is 2. The summed E-state index contributed by atoms with van der Waals surface area (Å²) in [6, 6.07) is 3.16. The first-order chi connectivity index (χ1) is 9.75. The molecule has 1 aliphatic rings. The molecule has 0 saturated heterocycles. The predicted molar refractivity (Wildman–Crippen MR) is 75.3 cm³/mol. The highest BCUT2D eigenvalue weighted by atomic mass is 19.4. The van der Waals surface area contributed by atoms with E-state index in [1.807, 2.05) is 6.92 Å². The number of hydrogen-bond donors (Lipinski definition) is 2. The number of amides is 1. The van der Waals surface area contributed by atoms with Crippen molar-refractivity contribution in [1.82, 2.24) is 5.32 Å². The molecule has 0 radical (unpaired) electrons. The topological polar surface area (TPSA) is 41.1 Å². The van der Waals surface area contributed by atoms with Crippen LogP contribution >= 0.6 is 0 Å². The molecule has 1 aromatic rings. The van der Waals surface area contributed by atoms with Crippen molar-refractivity contribution >= 4 is 11.6 Å². The molecule has 6 heteroatoms. The number of alkyl halides is 3. The molecule has 0 spiro atoms. The third kappa shape index (κ3) is 3.49. The normalized spacial score (nSPS) is 17.6. The van der Waals surface area contributed by atoms with Gasteiger partial charge in [0.15, 0.2) is 0 Å². The lowest BCUT2D eigenvalue weighted by Crippen LogP contribution is -2.43. The van der Waals surface area contributed by atoms with Crippen molar-refractivity contribution in [2.45, 2.75) is 44.3 Å². The second-order valence-electron chi connectivity index (χ2n) is 5.73. The molecule has 0 unspecified atom stereocenters. The monoisotopic (exact) mass is 300 g/mol. The summed E-state index contributed by atoms with van der Waals surface area (Å²) in [6.45, 7) is 1.94. The van der Waals surface area contributed by atoms with Crippen LogP contribution in [-0.4, -0.2) is 18.5 Å². The van der Waals surface area contributed by atoms with Gasteiger partial charge in [-0.2, -0.15) is 13.2 Å². The van der Waals surface area contributed by atoms with Crippen LogP contribution in [0.15, 0.2) is 18.2 Å². The Morgan fingerprint density at radius 1 is 1.24 bits per heavy atom. The standard InChI is InChI=1S/C15H19F3N2O/c1-14(7-3-4-8-14)20-13(21)11-9-10(15(16,17)18)5-6-12(11)19-2/h5-6,9,19H,3-4,7-8H2,1-2H3,(H,20,21). The van der Waals surface area contributed by atoms with Gasteiger partial charge in [0.2, 0.25) is 0 Å². The summed E-state index contributed by atoms with van der Waals surface area (Å²) in [4.78, 5) is 12.3. The van der Waals surface area contributed by atoms with Crippen LogP contribution in [0.3, 0.4) is 0 Å². The first-order valence-electron chi connectivity index (χ1n) is 6.97. The van der Waals surface area contributed by atoms with Crippen LogP contribution in [0.5, 0.6) is 0 Å². The van der Waals surface area contributed by atoms with Crippen molar-refractivity contribution in [2.75, 3.05) is 12.4 Å². The van der Waals surface area contributed by atoms with Crippen LogP contribution in [0, 0.1) is 0 Å². The van der Waals surface area contributed by atoms with E-state index in [0.29, 0.717) is 5.69 Å². The summed E-state index contributed by atoms with van der Waals surface area (Å²) in [5, 5.41) is 5.64. The van der Waals surface area contributed by atoms with Gasteiger partial charge in [-0.05, 0) is 38.0 Å². The zero-order chi connectivity index (χ0) is 15.7. The molecular formula is C15H19F3N2O. The minimum Gasteiger partial charge on any atom is -0.387 e. The smallest absolute Gasteiger partial charge is 0.387 e. The van der Waals surface area contributed by atoms with E-state index in [4.69, 9.17) is 0 Å². The molecule has 116 valence electrons. The maximum atomic E-state index is 12.8. The molecule has 1 aliphatic carbocycles. The van der Waals surface area contributed by atoms with Crippen molar-refractivity contribution in [1.29, 1.82) is 0 Å². The van der Waals surface area contributed by atoms with Crippen LogP contribution in [0.4, 0.5) is 18.9 Å². The molecule has 1 aromatic carbocycles. The van der Waals surface area contributed by atoms with Crippen molar-refractivity contribution < 1.29 is 18.0 Å². The lowest BCUT2D eigenvalue weighted by molar-refractivity contribution is -0.137. The summed E-state index contributed by atoms with van der Waals surface area (Å²) < 4.78 is 38.4. The lowest BCUT2D eigenvalue weighted by Gasteiger charge is -2.26. The van der Waals surface area contributed by atoms with Gasteiger partial charge in [-0.3, -0.25) is 4.79 Å². The Morgan fingerprint density at radius 2 is 1.86 bits per heavy atom. The van der Waals surface area contributed by atoms with Gasteiger partial charge >= 0.3 is 6.18 Å². The zero-order valence-electron chi connectivity index (χ0n) is 12.1. The third-order valence-corrected chi connectivity index (χ3v) is 3.98. The number of rotatable bonds is 3. The van der Waals surface area contributed by atoms with Gasteiger partial charge in [-0.1, -0.05) is 12.8 Å². The Hall–Kier alpha value is -1.72. The average molecular weight is 300 g/mol. The fraction of sp³-hybridized carbons (Fsp3) is 0.533. The second-order valence-corrected chi connectivity index (χ2v) is 5.73. The van der Waals surface area contributed by atoms with Gasteiger partial charge in [-0.25, -0.2) is 0 Å². The highest BCUT2D eigenvalue weighted by molar-refractivity contribution is 6.00. The van der Waals surface area contributed by atoms with E-state index in [-0.39, 0.29) is 11.1 Å². The number of carbonyl (C=O) groups is 1. The Labute approximate surface area is 121 Å². The van der Waals surface area contributed by atoms with Gasteiger partial charge in [0, 0.05) is 18.3 Å². The van der Waals surface area contributed by atoms with Crippen LogP contribution in [0.1, 0.15) is 48.5 Å². The van der Waals surface area contributed by atoms with E-state index in [1.54, 1.807) is 7.05 Å². The maximum absolute atomic E-state index is 12.8. The van der Waals surface area contributed by atoms with Crippen LogP contribution in [0.2, 0.25) is 0 Å². The van der Waals surface area contributed by atoms with Gasteiger partial charge in [-0.15, -0.1) is 0 Å². The fourth-order valence-corrected chi connectivity index (χ4v) is 2.75. The quantitative estimate of drug-likeness (QED) is 0.891. The largest absolute Gasteiger partial charge is 0.416 e. The fourth-order valence-electron chi connectivity index (χ4n) is 2.75. The minimum atomic E-state index is -4.46. The predicted octanol–water partition coefficient (Wildman–Crippen LogP) is 3.81. The molecule has 0 aromatic heterocycles. The molecule has 2 N–H and O–H groups in total. The summed E-state index contributed by atoms with van der Waals surface area (Å²) >= 11 is 0. The molecule has 1 fully saturated rings. The number of carbonyl (C=O) groups excluding carboxylic acids is 1.